The summed E-state index contributed by atoms with van der Waals surface area (Å²) in [5.41, 5.74) is 5.26. The van der Waals surface area contributed by atoms with Gasteiger partial charge in [0, 0.05) is 0 Å². The molecule has 0 aliphatic rings. The van der Waals surface area contributed by atoms with Crippen LogP contribution >= 0.6 is 11.3 Å². The molecular formula is C21H17FN2O5S. The van der Waals surface area contributed by atoms with Crippen LogP contribution in [0.1, 0.15) is 25.6 Å². The highest BCUT2D eigenvalue weighted by atomic mass is 32.1. The van der Waals surface area contributed by atoms with Crippen molar-refractivity contribution >= 4 is 29.1 Å². The molecule has 0 fully saturated rings. The van der Waals surface area contributed by atoms with Crippen LogP contribution in [0.2, 0.25) is 0 Å². The SMILES string of the molecule is O=C(COC(=O)c1ccccc1OCc1ccc(F)cc1)NNC(=O)c1cccs1. The second-order valence-electron chi connectivity index (χ2n) is 5.97. The lowest BCUT2D eigenvalue weighted by Gasteiger charge is -2.11. The molecule has 2 aromatic carbocycles. The standard InChI is InChI=1S/C21H17FN2O5S/c22-15-9-7-14(8-10-15)12-28-17-5-2-1-4-16(17)21(27)29-13-19(25)23-24-20(26)18-6-3-11-30-18/h1-11H,12-13H2,(H,23,25)(H,24,26). The summed E-state index contributed by atoms with van der Waals surface area (Å²) in [5.74, 6) is -2.02. The van der Waals surface area contributed by atoms with Gasteiger partial charge in [-0.1, -0.05) is 30.3 Å². The second kappa shape index (κ2) is 10.2. The Balaban J connectivity index is 1.50. The average molecular weight is 428 g/mol. The first-order valence-electron chi connectivity index (χ1n) is 8.79. The molecule has 7 nitrogen and oxygen atoms in total. The molecule has 0 bridgehead atoms. The molecule has 1 heterocycles. The molecule has 0 aliphatic heterocycles. The smallest absolute Gasteiger partial charge is 0.342 e. The Morgan fingerprint density at radius 2 is 1.70 bits per heavy atom. The lowest BCUT2D eigenvalue weighted by atomic mass is 10.2. The first-order valence-corrected chi connectivity index (χ1v) is 9.67. The number of carbonyl (C=O) groups is 3. The minimum absolute atomic E-state index is 0.125. The molecule has 0 saturated heterocycles. The summed E-state index contributed by atoms with van der Waals surface area (Å²) < 4.78 is 23.6. The number of para-hydroxylation sites is 1. The number of ether oxygens (including phenoxy) is 2. The quantitative estimate of drug-likeness (QED) is 0.446. The number of thiophene rings is 1. The van der Waals surface area contributed by atoms with Gasteiger partial charge in [0.25, 0.3) is 11.8 Å². The van der Waals surface area contributed by atoms with Gasteiger partial charge in [0.1, 0.15) is 23.7 Å². The third-order valence-electron chi connectivity index (χ3n) is 3.81. The van der Waals surface area contributed by atoms with E-state index >= 15 is 0 Å². The third kappa shape index (κ3) is 5.89. The van der Waals surface area contributed by atoms with Gasteiger partial charge in [0.05, 0.1) is 4.88 Å². The van der Waals surface area contributed by atoms with Gasteiger partial charge >= 0.3 is 5.97 Å². The van der Waals surface area contributed by atoms with Crippen molar-refractivity contribution in [2.75, 3.05) is 6.61 Å². The van der Waals surface area contributed by atoms with E-state index in [2.05, 4.69) is 10.9 Å². The van der Waals surface area contributed by atoms with Gasteiger partial charge in [-0.15, -0.1) is 11.3 Å². The van der Waals surface area contributed by atoms with E-state index in [1.807, 2.05) is 0 Å². The molecule has 0 atom stereocenters. The van der Waals surface area contributed by atoms with Crippen LogP contribution in [0.15, 0.2) is 66.0 Å². The summed E-state index contributed by atoms with van der Waals surface area (Å²) in [6.45, 7) is -0.463. The Morgan fingerprint density at radius 3 is 2.43 bits per heavy atom. The molecule has 1 aromatic heterocycles. The van der Waals surface area contributed by atoms with Crippen molar-refractivity contribution < 1.29 is 28.2 Å². The first-order chi connectivity index (χ1) is 14.5. The lowest BCUT2D eigenvalue weighted by molar-refractivity contribution is -0.125. The number of esters is 1. The van der Waals surface area contributed by atoms with Crippen LogP contribution in [0.5, 0.6) is 5.75 Å². The van der Waals surface area contributed by atoms with Crippen LogP contribution < -0.4 is 15.6 Å². The zero-order valence-corrected chi connectivity index (χ0v) is 16.4. The fourth-order valence-corrected chi connectivity index (χ4v) is 2.96. The van der Waals surface area contributed by atoms with E-state index in [1.165, 1.54) is 29.5 Å². The molecule has 2 N–H and O–H groups in total. The van der Waals surface area contributed by atoms with E-state index in [1.54, 1.807) is 47.8 Å². The number of carbonyl (C=O) groups excluding carboxylic acids is 3. The highest BCUT2D eigenvalue weighted by Gasteiger charge is 2.16. The van der Waals surface area contributed by atoms with Crippen LogP contribution in [-0.2, 0) is 16.1 Å². The number of nitrogens with one attached hydrogen (secondary N) is 2. The molecule has 0 saturated carbocycles. The number of hydrogen-bond acceptors (Lipinski definition) is 6. The van der Waals surface area contributed by atoms with Crippen molar-refractivity contribution in [1.29, 1.82) is 0 Å². The van der Waals surface area contributed by atoms with Gasteiger partial charge in [-0.3, -0.25) is 20.4 Å². The predicted molar refractivity (Wildman–Crippen MR) is 107 cm³/mol. The Hall–Kier alpha value is -3.72. The zero-order chi connectivity index (χ0) is 21.3. The van der Waals surface area contributed by atoms with Gasteiger partial charge in [-0.2, -0.15) is 0 Å². The monoisotopic (exact) mass is 428 g/mol. The number of hydrazine groups is 1. The van der Waals surface area contributed by atoms with Gasteiger partial charge in [-0.25, -0.2) is 9.18 Å². The Labute approximate surface area is 175 Å². The van der Waals surface area contributed by atoms with Crippen LogP contribution in [0.3, 0.4) is 0 Å². The summed E-state index contributed by atoms with van der Waals surface area (Å²) in [6.07, 6.45) is 0. The number of halogens is 1. The number of amides is 2. The van der Waals surface area contributed by atoms with Crippen molar-refractivity contribution in [3.05, 3.63) is 87.9 Å². The van der Waals surface area contributed by atoms with E-state index in [0.717, 1.165) is 5.56 Å². The Kier molecular flexibility index (Phi) is 7.12. The van der Waals surface area contributed by atoms with Crippen LogP contribution in [0.25, 0.3) is 0 Å². The zero-order valence-electron chi connectivity index (χ0n) is 15.6. The van der Waals surface area contributed by atoms with Crippen molar-refractivity contribution in [3.8, 4) is 5.75 Å². The maximum Gasteiger partial charge on any atom is 0.342 e. The van der Waals surface area contributed by atoms with Crippen LogP contribution in [0.4, 0.5) is 4.39 Å². The van der Waals surface area contributed by atoms with Gasteiger partial charge in [-0.05, 0) is 41.3 Å². The highest BCUT2D eigenvalue weighted by molar-refractivity contribution is 7.12. The summed E-state index contributed by atoms with van der Waals surface area (Å²) in [4.78, 5) is 36.3. The maximum absolute atomic E-state index is 13.0. The summed E-state index contributed by atoms with van der Waals surface area (Å²) >= 11 is 1.22. The summed E-state index contributed by atoms with van der Waals surface area (Å²) in [5, 5.41) is 1.73. The summed E-state index contributed by atoms with van der Waals surface area (Å²) in [7, 11) is 0. The molecule has 2 amide bonds. The van der Waals surface area contributed by atoms with Gasteiger partial charge in [0.2, 0.25) is 0 Å². The van der Waals surface area contributed by atoms with E-state index in [4.69, 9.17) is 9.47 Å². The molecule has 0 radical (unpaired) electrons. The van der Waals surface area contributed by atoms with E-state index in [9.17, 15) is 18.8 Å². The highest BCUT2D eigenvalue weighted by Crippen LogP contribution is 2.20. The van der Waals surface area contributed by atoms with Crippen LogP contribution in [0, 0.1) is 5.82 Å². The van der Waals surface area contributed by atoms with E-state index in [0.29, 0.717) is 4.88 Å². The fourth-order valence-electron chi connectivity index (χ4n) is 2.34. The van der Waals surface area contributed by atoms with Gasteiger partial charge < -0.3 is 9.47 Å². The van der Waals surface area contributed by atoms with Crippen molar-refractivity contribution in [2.45, 2.75) is 6.61 Å². The molecule has 3 rings (SSSR count). The Bertz CT molecular complexity index is 1020. The number of hydrogen-bond donors (Lipinski definition) is 2. The number of rotatable bonds is 7. The molecule has 0 unspecified atom stereocenters. The van der Waals surface area contributed by atoms with Crippen molar-refractivity contribution in [3.63, 3.8) is 0 Å². The maximum atomic E-state index is 13.0. The van der Waals surface area contributed by atoms with Gasteiger partial charge in [0.15, 0.2) is 6.61 Å². The molecular weight excluding hydrogens is 411 g/mol. The number of benzene rings is 2. The normalized spacial score (nSPS) is 10.2. The molecule has 0 aliphatic carbocycles. The van der Waals surface area contributed by atoms with E-state index < -0.39 is 24.4 Å². The second-order valence-corrected chi connectivity index (χ2v) is 6.91. The molecule has 30 heavy (non-hydrogen) atoms. The lowest BCUT2D eigenvalue weighted by Crippen LogP contribution is -2.43. The first kappa shape index (κ1) is 21.0. The Morgan fingerprint density at radius 1 is 0.933 bits per heavy atom. The minimum Gasteiger partial charge on any atom is -0.488 e. The van der Waals surface area contributed by atoms with Crippen molar-refractivity contribution in [1.82, 2.24) is 10.9 Å². The molecule has 0 spiro atoms. The minimum atomic E-state index is -0.760. The van der Waals surface area contributed by atoms with E-state index in [-0.39, 0.29) is 23.7 Å². The van der Waals surface area contributed by atoms with Crippen molar-refractivity contribution in [2.24, 2.45) is 0 Å². The molecule has 3 aromatic rings. The third-order valence-corrected chi connectivity index (χ3v) is 4.68. The largest absolute Gasteiger partial charge is 0.488 e. The van der Waals surface area contributed by atoms with Crippen LogP contribution in [-0.4, -0.2) is 24.4 Å². The fraction of sp³-hybridized carbons (Fsp3) is 0.0952. The summed E-state index contributed by atoms with van der Waals surface area (Å²) in [6, 6.07) is 15.5. The predicted octanol–water partition coefficient (Wildman–Crippen LogP) is 3.08. The topological polar surface area (TPSA) is 93.7 Å². The molecule has 9 heteroatoms. The average Bonchev–Trinajstić information content (AvgIpc) is 3.31. The molecule has 154 valence electrons.